The quantitative estimate of drug-likeness (QED) is 0.517. The van der Waals surface area contributed by atoms with Crippen molar-refractivity contribution in [2.45, 2.75) is 38.0 Å². The normalized spacial score (nSPS) is 19.3. The van der Waals surface area contributed by atoms with Crippen LogP contribution in [0.3, 0.4) is 0 Å². The number of amides is 3. The van der Waals surface area contributed by atoms with Crippen LogP contribution in [0.5, 0.6) is 0 Å². The van der Waals surface area contributed by atoms with Crippen molar-refractivity contribution >= 4 is 57.9 Å². The lowest BCUT2D eigenvalue weighted by atomic mass is 10.2. The van der Waals surface area contributed by atoms with Crippen molar-refractivity contribution in [2.75, 3.05) is 31.1 Å². The summed E-state index contributed by atoms with van der Waals surface area (Å²) in [5, 5.41) is 8.37. The number of aromatic carboxylic acids is 1. The monoisotopic (exact) mass is 479 g/mol. The number of hydrogen-bond acceptors (Lipinski definition) is 7. The van der Waals surface area contributed by atoms with Crippen LogP contribution in [0.2, 0.25) is 0 Å². The first-order valence-electron chi connectivity index (χ1n) is 10.1. The molecule has 0 spiro atoms. The molecule has 1 N–H and O–H groups in total. The summed E-state index contributed by atoms with van der Waals surface area (Å²) in [5.41, 5.74) is -0.148. The molecule has 172 valence electrons. The summed E-state index contributed by atoms with van der Waals surface area (Å²) >= 11 is 6.67. The molecule has 0 unspecified atom stereocenters. The van der Waals surface area contributed by atoms with Crippen LogP contribution < -0.4 is 4.90 Å². The van der Waals surface area contributed by atoms with Crippen LogP contribution in [-0.4, -0.2) is 80.1 Å². The fraction of sp³-hybridized carbons (Fsp3) is 0.476. The number of carbonyl (C=O) groups is 4. The van der Waals surface area contributed by atoms with Crippen molar-refractivity contribution in [3.63, 3.8) is 0 Å². The number of benzene rings is 1. The Balaban J connectivity index is 1.56. The second kappa shape index (κ2) is 9.45. The zero-order valence-electron chi connectivity index (χ0n) is 18.1. The molecule has 1 aromatic rings. The fourth-order valence-electron chi connectivity index (χ4n) is 3.31. The number of thiocarbonyl (C=S) groups is 1. The molecular formula is C21H25N3O6S2. The lowest BCUT2D eigenvalue weighted by Gasteiger charge is -2.36. The van der Waals surface area contributed by atoms with Gasteiger partial charge in [-0.1, -0.05) is 24.0 Å². The van der Waals surface area contributed by atoms with E-state index >= 15 is 0 Å². The first-order valence-corrected chi connectivity index (χ1v) is 11.4. The number of nitrogens with zero attached hydrogens (tertiary/aromatic N) is 3. The first-order chi connectivity index (χ1) is 15.0. The molecule has 0 radical (unpaired) electrons. The highest BCUT2D eigenvalue weighted by Gasteiger charge is 2.41. The van der Waals surface area contributed by atoms with Crippen LogP contribution in [0.1, 0.15) is 37.6 Å². The third-order valence-corrected chi connectivity index (χ3v) is 6.57. The van der Waals surface area contributed by atoms with Crippen molar-refractivity contribution in [1.82, 2.24) is 9.80 Å². The maximum atomic E-state index is 12.8. The molecule has 9 nitrogen and oxygen atoms in total. The third kappa shape index (κ3) is 5.57. The predicted molar refractivity (Wildman–Crippen MR) is 124 cm³/mol. The van der Waals surface area contributed by atoms with Gasteiger partial charge in [0.25, 0.3) is 0 Å². The molecule has 0 aromatic heterocycles. The van der Waals surface area contributed by atoms with Crippen LogP contribution in [0.25, 0.3) is 0 Å². The van der Waals surface area contributed by atoms with Crippen LogP contribution in [0, 0.1) is 0 Å². The van der Waals surface area contributed by atoms with E-state index in [2.05, 4.69) is 0 Å². The van der Waals surface area contributed by atoms with Crippen LogP contribution in [0.4, 0.5) is 10.5 Å². The number of anilines is 1. The lowest BCUT2D eigenvalue weighted by Crippen LogP contribution is -2.51. The Hall–Kier alpha value is -2.66. The van der Waals surface area contributed by atoms with E-state index in [0.717, 1.165) is 4.90 Å². The van der Waals surface area contributed by atoms with E-state index in [1.165, 1.54) is 36.0 Å². The maximum Gasteiger partial charge on any atom is 0.410 e. The number of carboxylic acids is 1. The summed E-state index contributed by atoms with van der Waals surface area (Å²) in [4.78, 5) is 53.1. The van der Waals surface area contributed by atoms with Gasteiger partial charge in [-0.3, -0.25) is 9.59 Å². The number of imide groups is 1. The topological polar surface area (TPSA) is 107 Å². The van der Waals surface area contributed by atoms with E-state index in [0.29, 0.717) is 36.2 Å². The molecule has 0 saturated carbocycles. The number of carbonyl (C=O) groups excluding carboxylic acids is 3. The van der Waals surface area contributed by atoms with Gasteiger partial charge in [0, 0.05) is 32.6 Å². The summed E-state index contributed by atoms with van der Waals surface area (Å²) in [6.07, 6.45) is -0.348. The lowest BCUT2D eigenvalue weighted by molar-refractivity contribution is -0.121. The molecule has 3 rings (SSSR count). The Kier molecular flexibility index (Phi) is 7.09. The molecule has 1 atom stereocenters. The number of thioether (sulfide) groups is 1. The van der Waals surface area contributed by atoms with E-state index in [1.807, 2.05) is 25.7 Å². The fourth-order valence-corrected chi connectivity index (χ4v) is 4.85. The Labute approximate surface area is 195 Å². The van der Waals surface area contributed by atoms with Crippen molar-refractivity contribution in [2.24, 2.45) is 0 Å². The van der Waals surface area contributed by atoms with Gasteiger partial charge in [-0.05, 0) is 45.0 Å². The Bertz CT molecular complexity index is 936. The van der Waals surface area contributed by atoms with Crippen LogP contribution in [0.15, 0.2) is 24.3 Å². The van der Waals surface area contributed by atoms with E-state index in [1.54, 1.807) is 4.90 Å². The van der Waals surface area contributed by atoms with Crippen molar-refractivity contribution in [3.05, 3.63) is 29.8 Å². The zero-order valence-corrected chi connectivity index (χ0v) is 19.7. The average molecular weight is 480 g/mol. The highest BCUT2D eigenvalue weighted by atomic mass is 32.2. The standard InChI is InChI=1S/C21H25N3O6S2/c1-21(2,3)30-19(29)22-8-10-23(11-9-22)20(31)32-15-12-16(25)24(17(15)26)14-6-4-13(5-7-14)18(27)28/h4-7,15H,8-12H2,1-3H3,(H,27,28)/t15-/m1/s1. The molecule has 0 bridgehead atoms. The van der Waals surface area contributed by atoms with Crippen LogP contribution in [-0.2, 0) is 14.3 Å². The summed E-state index contributed by atoms with van der Waals surface area (Å²) in [6, 6.07) is 5.60. The Morgan fingerprint density at radius 2 is 1.62 bits per heavy atom. The van der Waals surface area contributed by atoms with E-state index in [4.69, 9.17) is 22.1 Å². The van der Waals surface area contributed by atoms with Crippen LogP contribution >= 0.6 is 24.0 Å². The van der Waals surface area contributed by atoms with E-state index < -0.39 is 16.8 Å². The predicted octanol–water partition coefficient (Wildman–Crippen LogP) is 2.59. The summed E-state index contributed by atoms with van der Waals surface area (Å²) < 4.78 is 5.89. The summed E-state index contributed by atoms with van der Waals surface area (Å²) in [5.74, 6) is -1.81. The largest absolute Gasteiger partial charge is 0.478 e. The molecule has 0 aliphatic carbocycles. The minimum atomic E-state index is -1.08. The molecule has 32 heavy (non-hydrogen) atoms. The number of piperazine rings is 1. The van der Waals surface area contributed by atoms with Crippen molar-refractivity contribution < 1.29 is 29.0 Å². The van der Waals surface area contributed by atoms with E-state index in [-0.39, 0.29) is 29.9 Å². The molecule has 2 saturated heterocycles. The SMILES string of the molecule is CC(C)(C)OC(=O)N1CCN(C(=S)S[C@@H]2CC(=O)N(c3ccc(C(=O)O)cc3)C2=O)CC1. The molecule has 11 heteroatoms. The average Bonchev–Trinajstić information content (AvgIpc) is 2.99. The molecule has 2 aliphatic heterocycles. The molecule has 2 aliphatic rings. The van der Waals surface area contributed by atoms with Crippen molar-refractivity contribution in [3.8, 4) is 0 Å². The van der Waals surface area contributed by atoms with Gasteiger partial charge in [0.15, 0.2) is 0 Å². The maximum absolute atomic E-state index is 12.8. The van der Waals surface area contributed by atoms with Gasteiger partial charge in [0.1, 0.15) is 15.2 Å². The molecule has 2 fully saturated rings. The van der Waals surface area contributed by atoms with Gasteiger partial charge in [-0.15, -0.1) is 0 Å². The van der Waals surface area contributed by atoms with Gasteiger partial charge < -0.3 is 19.6 Å². The second-order valence-corrected chi connectivity index (χ2v) is 10.3. The van der Waals surface area contributed by atoms with Gasteiger partial charge >= 0.3 is 12.1 Å². The zero-order chi connectivity index (χ0) is 23.6. The third-order valence-electron chi connectivity index (χ3n) is 4.91. The summed E-state index contributed by atoms with van der Waals surface area (Å²) in [7, 11) is 0. The minimum absolute atomic E-state index is 0.0161. The van der Waals surface area contributed by atoms with Gasteiger partial charge in [0.2, 0.25) is 11.8 Å². The number of hydrogen-bond donors (Lipinski definition) is 1. The van der Waals surface area contributed by atoms with Gasteiger partial charge in [-0.25, -0.2) is 14.5 Å². The Morgan fingerprint density at radius 3 is 2.16 bits per heavy atom. The molecular weight excluding hydrogens is 454 g/mol. The number of ether oxygens (including phenoxy) is 1. The number of rotatable bonds is 3. The minimum Gasteiger partial charge on any atom is -0.478 e. The van der Waals surface area contributed by atoms with Gasteiger partial charge in [-0.2, -0.15) is 0 Å². The summed E-state index contributed by atoms with van der Waals surface area (Å²) in [6.45, 7) is 7.38. The van der Waals surface area contributed by atoms with E-state index in [9.17, 15) is 19.2 Å². The highest BCUT2D eigenvalue weighted by Crippen LogP contribution is 2.31. The second-order valence-electron chi connectivity index (χ2n) is 8.45. The van der Waals surface area contributed by atoms with Crippen molar-refractivity contribution in [1.29, 1.82) is 0 Å². The smallest absolute Gasteiger partial charge is 0.410 e. The first kappa shape index (κ1) is 24.0. The molecule has 3 amide bonds. The molecule has 1 aromatic carbocycles. The molecule has 2 heterocycles. The highest BCUT2D eigenvalue weighted by molar-refractivity contribution is 8.23. The Morgan fingerprint density at radius 1 is 1.06 bits per heavy atom. The number of carboxylic acid groups (broad SMARTS) is 1. The van der Waals surface area contributed by atoms with Gasteiger partial charge in [0.05, 0.1) is 11.3 Å².